The molecule has 0 aliphatic carbocycles. The topological polar surface area (TPSA) is 193 Å². The van der Waals surface area contributed by atoms with E-state index in [2.05, 4.69) is 26.6 Å². The van der Waals surface area contributed by atoms with Crippen molar-refractivity contribution in [1.82, 2.24) is 26.6 Å². The molecule has 0 saturated heterocycles. The highest BCUT2D eigenvalue weighted by molar-refractivity contribution is 5.77. The summed E-state index contributed by atoms with van der Waals surface area (Å²) in [7, 11) is 0. The number of carboxylic acid groups (broad SMARTS) is 1. The van der Waals surface area contributed by atoms with Crippen molar-refractivity contribution in [3.8, 4) is 0 Å². The van der Waals surface area contributed by atoms with Crippen LogP contribution in [0.3, 0.4) is 0 Å². The van der Waals surface area contributed by atoms with E-state index in [4.69, 9.17) is 19.3 Å². The van der Waals surface area contributed by atoms with Gasteiger partial charge in [0.1, 0.15) is 16.8 Å². The molecule has 0 aromatic carbocycles. The molecule has 0 aliphatic heterocycles. The lowest BCUT2D eigenvalue weighted by Gasteiger charge is -2.24. The molecular formula is C27H51N5O9. The second-order valence-corrected chi connectivity index (χ2v) is 12.6. The Balaban J connectivity index is 4.91. The van der Waals surface area contributed by atoms with Gasteiger partial charge in [0, 0.05) is 38.1 Å². The highest BCUT2D eigenvalue weighted by Crippen LogP contribution is 2.10. The van der Waals surface area contributed by atoms with Gasteiger partial charge in [-0.05, 0) is 88.0 Å². The molecule has 0 spiro atoms. The molecular weight excluding hydrogens is 538 g/mol. The van der Waals surface area contributed by atoms with Crippen LogP contribution in [0.4, 0.5) is 19.2 Å². The van der Waals surface area contributed by atoms with Crippen LogP contribution in [0.1, 0.15) is 94.4 Å². The number of rotatable bonds is 14. The molecule has 14 heteroatoms. The molecule has 6 N–H and O–H groups in total. The second kappa shape index (κ2) is 17.4. The molecule has 0 aromatic rings. The van der Waals surface area contributed by atoms with Crippen LogP contribution in [-0.2, 0) is 19.0 Å². The Morgan fingerprint density at radius 3 is 1.44 bits per heavy atom. The van der Waals surface area contributed by atoms with E-state index in [1.165, 1.54) is 0 Å². The minimum Gasteiger partial charge on any atom is -0.465 e. The molecule has 0 saturated carbocycles. The maximum atomic E-state index is 12.7. The lowest BCUT2D eigenvalue weighted by atomic mass is 10.1. The van der Waals surface area contributed by atoms with Crippen LogP contribution in [0.2, 0.25) is 0 Å². The van der Waals surface area contributed by atoms with Crippen LogP contribution in [0.5, 0.6) is 0 Å². The second-order valence-electron chi connectivity index (χ2n) is 12.6. The normalized spacial score (nSPS) is 13.2. The quantitative estimate of drug-likeness (QED) is 0.130. The fraction of sp³-hybridized carbons (Fsp3) is 0.815. The standard InChI is InChI=1S/C27H51N5O9/c1-25(2,3)39-22(36)28-14-10-12-18(31-21(34)35)16-20(33)30-17-19(32-24(38)41-27(7,8)9)13-11-15-29-23(37)40-26(4,5)6/h18-19,31H,10-17H2,1-9H3,(H,28,36)(H,29,37)(H,30,33)(H,32,38)(H,34,35)/t18-,19+/m0/s1. The van der Waals surface area contributed by atoms with E-state index in [-0.39, 0.29) is 26.1 Å². The summed E-state index contributed by atoms with van der Waals surface area (Å²) in [6.07, 6.45) is -1.62. The SMILES string of the molecule is CC(C)(C)OC(=O)NCCC[C@@H](CC(=O)NC[C@@H](CCCNC(=O)OC(C)(C)C)NC(=O)OC(C)(C)C)NC(=O)O. The van der Waals surface area contributed by atoms with E-state index in [1.807, 2.05) is 0 Å². The van der Waals surface area contributed by atoms with Crippen LogP contribution >= 0.6 is 0 Å². The van der Waals surface area contributed by atoms with Crippen molar-refractivity contribution in [2.24, 2.45) is 0 Å². The van der Waals surface area contributed by atoms with Gasteiger partial charge >= 0.3 is 24.4 Å². The number of ether oxygens (including phenoxy) is 3. The van der Waals surface area contributed by atoms with Gasteiger partial charge in [-0.15, -0.1) is 0 Å². The van der Waals surface area contributed by atoms with E-state index < -0.39 is 59.2 Å². The van der Waals surface area contributed by atoms with Crippen molar-refractivity contribution in [2.45, 2.75) is 123 Å². The van der Waals surface area contributed by atoms with Gasteiger partial charge in [-0.25, -0.2) is 19.2 Å². The van der Waals surface area contributed by atoms with Crippen molar-refractivity contribution in [1.29, 1.82) is 0 Å². The Labute approximate surface area is 243 Å². The number of amides is 5. The van der Waals surface area contributed by atoms with E-state index >= 15 is 0 Å². The molecule has 2 atom stereocenters. The summed E-state index contributed by atoms with van der Waals surface area (Å²) >= 11 is 0. The Morgan fingerprint density at radius 1 is 0.610 bits per heavy atom. The van der Waals surface area contributed by atoms with Crippen LogP contribution in [0.15, 0.2) is 0 Å². The van der Waals surface area contributed by atoms with Gasteiger partial charge in [-0.2, -0.15) is 0 Å². The van der Waals surface area contributed by atoms with E-state index in [1.54, 1.807) is 62.3 Å². The summed E-state index contributed by atoms with van der Waals surface area (Å²) in [5, 5.41) is 22.2. The van der Waals surface area contributed by atoms with Crippen molar-refractivity contribution in [3.05, 3.63) is 0 Å². The molecule has 41 heavy (non-hydrogen) atoms. The first-order valence-electron chi connectivity index (χ1n) is 13.8. The van der Waals surface area contributed by atoms with Gasteiger partial charge in [0.15, 0.2) is 0 Å². The van der Waals surface area contributed by atoms with E-state index in [9.17, 15) is 24.0 Å². The smallest absolute Gasteiger partial charge is 0.407 e. The minimum atomic E-state index is -1.27. The molecule has 0 unspecified atom stereocenters. The zero-order chi connectivity index (χ0) is 31.9. The highest BCUT2D eigenvalue weighted by atomic mass is 16.6. The molecule has 0 rings (SSSR count). The molecule has 14 nitrogen and oxygen atoms in total. The van der Waals surface area contributed by atoms with Crippen molar-refractivity contribution in [2.75, 3.05) is 19.6 Å². The zero-order valence-electron chi connectivity index (χ0n) is 26.0. The maximum absolute atomic E-state index is 12.7. The van der Waals surface area contributed by atoms with Gasteiger partial charge < -0.3 is 45.9 Å². The Bertz CT molecular complexity index is 861. The van der Waals surface area contributed by atoms with Crippen LogP contribution in [-0.4, -0.2) is 83.9 Å². The summed E-state index contributed by atoms with van der Waals surface area (Å²) in [4.78, 5) is 59.8. The van der Waals surface area contributed by atoms with Gasteiger partial charge in [0.25, 0.3) is 0 Å². The van der Waals surface area contributed by atoms with E-state index in [0.29, 0.717) is 25.7 Å². The lowest BCUT2D eigenvalue weighted by molar-refractivity contribution is -0.121. The summed E-state index contributed by atoms with van der Waals surface area (Å²) < 4.78 is 15.7. The number of alkyl carbamates (subject to hydrolysis) is 3. The first-order valence-corrected chi connectivity index (χ1v) is 13.8. The highest BCUT2D eigenvalue weighted by Gasteiger charge is 2.22. The monoisotopic (exact) mass is 589 g/mol. The fourth-order valence-corrected chi connectivity index (χ4v) is 3.34. The van der Waals surface area contributed by atoms with Gasteiger partial charge in [-0.3, -0.25) is 4.79 Å². The van der Waals surface area contributed by atoms with Crippen LogP contribution in [0, 0.1) is 0 Å². The lowest BCUT2D eigenvalue weighted by Crippen LogP contribution is -2.47. The molecule has 0 fully saturated rings. The van der Waals surface area contributed by atoms with E-state index in [0.717, 1.165) is 0 Å². The molecule has 0 radical (unpaired) electrons. The molecule has 0 aliphatic rings. The first kappa shape index (κ1) is 37.6. The Kier molecular flexibility index (Phi) is 15.9. The number of hydrogen-bond donors (Lipinski definition) is 6. The van der Waals surface area contributed by atoms with Crippen molar-refractivity contribution >= 4 is 30.3 Å². The van der Waals surface area contributed by atoms with Crippen molar-refractivity contribution < 1.29 is 43.3 Å². The van der Waals surface area contributed by atoms with Gasteiger partial charge in [-0.1, -0.05) is 0 Å². The molecule has 0 aromatic heterocycles. The molecule has 0 bridgehead atoms. The first-order chi connectivity index (χ1) is 18.6. The summed E-state index contributed by atoms with van der Waals surface area (Å²) in [6, 6.07) is -1.21. The zero-order valence-corrected chi connectivity index (χ0v) is 26.0. The number of hydrogen-bond acceptors (Lipinski definition) is 8. The molecule has 0 heterocycles. The Hall–Kier alpha value is -3.45. The molecule has 238 valence electrons. The molecule has 5 amide bonds. The third-order valence-corrected chi connectivity index (χ3v) is 4.82. The van der Waals surface area contributed by atoms with Crippen LogP contribution in [0.25, 0.3) is 0 Å². The maximum Gasteiger partial charge on any atom is 0.407 e. The van der Waals surface area contributed by atoms with Crippen molar-refractivity contribution in [3.63, 3.8) is 0 Å². The third-order valence-electron chi connectivity index (χ3n) is 4.82. The van der Waals surface area contributed by atoms with Gasteiger partial charge in [0.2, 0.25) is 5.91 Å². The predicted molar refractivity (Wildman–Crippen MR) is 153 cm³/mol. The third kappa shape index (κ3) is 24.1. The average molecular weight is 590 g/mol. The average Bonchev–Trinajstić information content (AvgIpc) is 2.73. The summed E-state index contributed by atoms with van der Waals surface area (Å²) in [6.45, 7) is 16.3. The fourth-order valence-electron chi connectivity index (χ4n) is 3.34. The summed E-state index contributed by atoms with van der Waals surface area (Å²) in [5.74, 6) is -0.424. The minimum absolute atomic E-state index is 0.0600. The summed E-state index contributed by atoms with van der Waals surface area (Å²) in [5.41, 5.74) is -1.98. The van der Waals surface area contributed by atoms with Gasteiger partial charge in [0.05, 0.1) is 0 Å². The predicted octanol–water partition coefficient (Wildman–Crippen LogP) is 3.63. The van der Waals surface area contributed by atoms with Crippen LogP contribution < -0.4 is 26.6 Å². The number of nitrogens with one attached hydrogen (secondary N) is 5. The number of carbonyl (C=O) groups is 5. The Morgan fingerprint density at radius 2 is 1.02 bits per heavy atom. The largest absolute Gasteiger partial charge is 0.465 e. The number of carbonyl (C=O) groups excluding carboxylic acids is 4.